The van der Waals surface area contributed by atoms with Crippen molar-refractivity contribution in [3.8, 4) is 0 Å². The first-order valence-electron chi connectivity index (χ1n) is 6.79. The fraction of sp³-hybridized carbons (Fsp3) is 0.429. The molecule has 0 spiro atoms. The summed E-state index contributed by atoms with van der Waals surface area (Å²) < 4.78 is 12.2. The minimum atomic E-state index is -3.59. The van der Waals surface area contributed by atoms with Crippen molar-refractivity contribution in [2.24, 2.45) is 0 Å². The van der Waals surface area contributed by atoms with Gasteiger partial charge in [-0.2, -0.15) is 0 Å². The number of hydrogen-bond acceptors (Lipinski definition) is 4. The molecule has 0 aromatic heterocycles. The van der Waals surface area contributed by atoms with E-state index in [1.165, 1.54) is 4.90 Å². The number of carboxylic acids is 1. The van der Waals surface area contributed by atoms with Crippen LogP contribution in [0.4, 0.5) is 0 Å². The van der Waals surface area contributed by atoms with E-state index in [0.717, 1.165) is 0 Å². The molecule has 1 N–H and O–H groups in total. The third-order valence-corrected chi connectivity index (χ3v) is 5.57. The van der Waals surface area contributed by atoms with E-state index in [1.807, 2.05) is 0 Å². The number of likely N-dealkylation sites (tertiary alicyclic amines) is 1. The maximum absolute atomic E-state index is 12.2. The zero-order chi connectivity index (χ0) is 15.5. The molecule has 0 saturated carbocycles. The molecule has 0 radical (unpaired) electrons. The third-order valence-electron chi connectivity index (χ3n) is 3.63. The Bertz CT molecular complexity index is 580. The molecular weight excluding hydrogens is 332 g/mol. The van der Waals surface area contributed by atoms with Crippen molar-refractivity contribution in [1.82, 2.24) is 4.90 Å². The second-order valence-electron chi connectivity index (χ2n) is 5.07. The molecule has 114 valence electrons. The zero-order valence-corrected chi connectivity index (χ0v) is 16.5. The number of carbonyl (C=O) groups excluding carboxylic acids is 2. The van der Waals surface area contributed by atoms with Gasteiger partial charge in [0.2, 0.25) is 13.3 Å². The molecule has 1 aliphatic rings. The first kappa shape index (κ1) is 20.0. The van der Waals surface area contributed by atoms with Gasteiger partial charge in [0.15, 0.2) is 0 Å². The number of carboxylic acid groups (broad SMARTS) is 1. The van der Waals surface area contributed by atoms with Gasteiger partial charge < -0.3 is 19.7 Å². The maximum atomic E-state index is 12.2. The average molecular weight is 349 g/mol. The smallest absolute Gasteiger partial charge is 0.548 e. The Labute approximate surface area is 171 Å². The van der Waals surface area contributed by atoms with Gasteiger partial charge in [-0.15, -0.1) is 0 Å². The van der Waals surface area contributed by atoms with Gasteiger partial charge in [-0.3, -0.25) is 9.36 Å². The van der Waals surface area contributed by atoms with Crippen molar-refractivity contribution in [2.75, 3.05) is 12.7 Å². The van der Waals surface area contributed by atoms with E-state index in [9.17, 15) is 24.2 Å². The second kappa shape index (κ2) is 8.73. The summed E-state index contributed by atoms with van der Waals surface area (Å²) in [7, 11) is -3.59. The topological polar surface area (TPSA) is 97.7 Å². The predicted molar refractivity (Wildman–Crippen MR) is 75.1 cm³/mol. The van der Waals surface area contributed by atoms with E-state index >= 15 is 0 Å². The van der Waals surface area contributed by atoms with E-state index in [1.54, 1.807) is 30.3 Å². The molecule has 1 unspecified atom stereocenters. The number of benzene rings is 1. The quantitative estimate of drug-likeness (QED) is 0.444. The van der Waals surface area contributed by atoms with Crippen molar-refractivity contribution in [3.63, 3.8) is 0 Å². The number of nitrogens with zero attached hydrogens (tertiary/aromatic N) is 1. The fourth-order valence-electron chi connectivity index (χ4n) is 2.49. The first-order valence-corrected chi connectivity index (χ1v) is 8.64. The predicted octanol–water partition coefficient (Wildman–Crippen LogP) is -3.28. The Morgan fingerprint density at radius 3 is 2.55 bits per heavy atom. The van der Waals surface area contributed by atoms with E-state index in [-0.39, 0.29) is 64.0 Å². The van der Waals surface area contributed by atoms with Crippen LogP contribution in [0.2, 0.25) is 0 Å². The van der Waals surface area contributed by atoms with Gasteiger partial charge in [0, 0.05) is 24.4 Å². The Kier molecular flexibility index (Phi) is 7.95. The SMILES string of the molecule is O=C([O-])[C@@H]1CCCN1C(=O)CCP(=O)(O)c1ccccc1.[K+]. The summed E-state index contributed by atoms with van der Waals surface area (Å²) in [5.41, 5.74) is 0. The molecule has 1 aromatic carbocycles. The van der Waals surface area contributed by atoms with Crippen LogP contribution in [0, 0.1) is 0 Å². The molecule has 0 bridgehead atoms. The Morgan fingerprint density at radius 2 is 1.95 bits per heavy atom. The van der Waals surface area contributed by atoms with Crippen molar-refractivity contribution < 1.29 is 75.5 Å². The van der Waals surface area contributed by atoms with Gasteiger partial charge in [-0.1, -0.05) is 18.2 Å². The van der Waals surface area contributed by atoms with Crippen LogP contribution in [0.25, 0.3) is 0 Å². The first-order chi connectivity index (χ1) is 9.92. The second-order valence-corrected chi connectivity index (χ2v) is 7.44. The molecule has 1 fully saturated rings. The van der Waals surface area contributed by atoms with Gasteiger partial charge in [-0.05, 0) is 25.0 Å². The summed E-state index contributed by atoms with van der Waals surface area (Å²) in [6.45, 7) is 0.360. The molecule has 0 aliphatic carbocycles. The van der Waals surface area contributed by atoms with E-state index in [2.05, 4.69) is 0 Å². The fourth-order valence-corrected chi connectivity index (χ4v) is 3.88. The number of carbonyl (C=O) groups is 2. The minimum Gasteiger partial charge on any atom is -0.548 e. The minimum absolute atomic E-state index is 0. The van der Waals surface area contributed by atoms with Gasteiger partial charge >= 0.3 is 51.4 Å². The third kappa shape index (κ3) is 4.99. The van der Waals surface area contributed by atoms with Gasteiger partial charge in [-0.25, -0.2) is 0 Å². The van der Waals surface area contributed by atoms with Crippen LogP contribution < -0.4 is 61.8 Å². The van der Waals surface area contributed by atoms with Crippen LogP contribution in [0.15, 0.2) is 30.3 Å². The Morgan fingerprint density at radius 1 is 1.32 bits per heavy atom. The van der Waals surface area contributed by atoms with Gasteiger partial charge in [0.05, 0.1) is 12.0 Å². The molecule has 1 heterocycles. The van der Waals surface area contributed by atoms with Crippen LogP contribution in [0.5, 0.6) is 0 Å². The summed E-state index contributed by atoms with van der Waals surface area (Å²) in [6, 6.07) is 7.24. The largest absolute Gasteiger partial charge is 1.00 e. The van der Waals surface area contributed by atoms with Crippen LogP contribution in [-0.4, -0.2) is 40.4 Å². The van der Waals surface area contributed by atoms with Crippen molar-refractivity contribution >= 4 is 24.5 Å². The van der Waals surface area contributed by atoms with E-state index < -0.39 is 25.3 Å². The molecule has 1 saturated heterocycles. The van der Waals surface area contributed by atoms with Crippen LogP contribution in [-0.2, 0) is 14.2 Å². The summed E-state index contributed by atoms with van der Waals surface area (Å²) in [5, 5.41) is 11.2. The molecule has 22 heavy (non-hydrogen) atoms. The number of aliphatic carboxylic acids is 1. The number of rotatable bonds is 5. The molecule has 2 atom stereocenters. The molecule has 6 nitrogen and oxygen atoms in total. The average Bonchev–Trinajstić information content (AvgIpc) is 2.95. The maximum Gasteiger partial charge on any atom is 1.00 e. The van der Waals surface area contributed by atoms with Crippen LogP contribution in [0.3, 0.4) is 0 Å². The molecule has 1 aromatic rings. The Hall–Kier alpha value is -0.0136. The van der Waals surface area contributed by atoms with Crippen LogP contribution in [0.1, 0.15) is 19.3 Å². The van der Waals surface area contributed by atoms with Crippen molar-refractivity contribution in [1.29, 1.82) is 0 Å². The monoisotopic (exact) mass is 349 g/mol. The summed E-state index contributed by atoms with van der Waals surface area (Å²) in [4.78, 5) is 34.2. The normalized spacial score (nSPS) is 20.0. The van der Waals surface area contributed by atoms with E-state index in [4.69, 9.17) is 0 Å². The molecule has 1 amide bonds. The summed E-state index contributed by atoms with van der Waals surface area (Å²) >= 11 is 0. The Balaban J connectivity index is 0.00000242. The molecule has 1 aliphatic heterocycles. The number of hydrogen-bond donors (Lipinski definition) is 1. The molecule has 8 heteroatoms. The van der Waals surface area contributed by atoms with E-state index in [0.29, 0.717) is 24.7 Å². The zero-order valence-electron chi connectivity index (χ0n) is 12.5. The van der Waals surface area contributed by atoms with Gasteiger partial charge in [0.25, 0.3) is 0 Å². The molecule has 2 rings (SSSR count). The number of amides is 1. The molecular formula is C14H17KNO5P. The van der Waals surface area contributed by atoms with Gasteiger partial charge in [0.1, 0.15) is 0 Å². The van der Waals surface area contributed by atoms with Crippen LogP contribution >= 0.6 is 7.37 Å². The standard InChI is InChI=1S/C14H18NO5P.K/c16-13(15-9-4-7-12(15)14(17)18)8-10-21(19,20)11-5-2-1-3-6-11;/h1-3,5-6,12H,4,7-10H2,(H,17,18)(H,19,20);/q;+1/p-1/t12-;/m0./s1. The summed E-state index contributed by atoms with van der Waals surface area (Å²) in [5.74, 6) is -1.68. The van der Waals surface area contributed by atoms with Crippen molar-refractivity contribution in [3.05, 3.63) is 30.3 Å². The van der Waals surface area contributed by atoms with Crippen molar-refractivity contribution in [2.45, 2.75) is 25.3 Å². The summed E-state index contributed by atoms with van der Waals surface area (Å²) in [6.07, 6.45) is 0.655.